The van der Waals surface area contributed by atoms with Crippen LogP contribution in [0.15, 0.2) is 42.5 Å². The maximum Gasteiger partial charge on any atom is 0.220 e. The molecule has 8 nitrogen and oxygen atoms in total. The maximum absolute atomic E-state index is 14.6. The predicted octanol–water partition coefficient (Wildman–Crippen LogP) is 2.42. The van der Waals surface area contributed by atoms with Crippen LogP contribution in [0.4, 0.5) is 4.39 Å². The number of amides is 2. The van der Waals surface area contributed by atoms with Crippen LogP contribution in [-0.2, 0) is 26.3 Å². The van der Waals surface area contributed by atoms with Gasteiger partial charge >= 0.3 is 0 Å². The van der Waals surface area contributed by atoms with Crippen molar-refractivity contribution in [1.29, 1.82) is 0 Å². The second-order valence-electron chi connectivity index (χ2n) is 10.7. The Balaban J connectivity index is 1.51. The predicted molar refractivity (Wildman–Crippen MR) is 149 cm³/mol. The molecule has 2 aromatic rings. The van der Waals surface area contributed by atoms with Crippen LogP contribution >= 0.6 is 0 Å². The molecule has 1 saturated carbocycles. The molecule has 2 bridgehead atoms. The molecule has 1 heterocycles. The molecule has 2 aromatic carbocycles. The van der Waals surface area contributed by atoms with E-state index >= 15 is 0 Å². The van der Waals surface area contributed by atoms with Crippen LogP contribution in [-0.4, -0.2) is 62.5 Å². The number of ether oxygens (including phenoxy) is 2. The summed E-state index contributed by atoms with van der Waals surface area (Å²) in [7, 11) is 1.59. The number of rotatable bonds is 7. The highest BCUT2D eigenvalue weighted by Gasteiger charge is 2.44. The van der Waals surface area contributed by atoms with Crippen LogP contribution in [0.5, 0.6) is 5.75 Å². The molecule has 214 valence electrons. The van der Waals surface area contributed by atoms with Crippen LogP contribution in [0.2, 0.25) is 0 Å². The van der Waals surface area contributed by atoms with E-state index in [-0.39, 0.29) is 49.1 Å². The highest BCUT2D eigenvalue weighted by Crippen LogP contribution is 2.45. The van der Waals surface area contributed by atoms with E-state index in [1.54, 1.807) is 13.2 Å². The summed E-state index contributed by atoms with van der Waals surface area (Å²) in [5.74, 6) is 1.95. The van der Waals surface area contributed by atoms with Crippen molar-refractivity contribution >= 4 is 11.8 Å². The van der Waals surface area contributed by atoms with Crippen molar-refractivity contribution in [2.45, 2.75) is 56.2 Å². The zero-order valence-corrected chi connectivity index (χ0v) is 22.9. The lowest BCUT2D eigenvalue weighted by molar-refractivity contribution is -0.127. The number of aliphatic hydroxyl groups is 1. The highest BCUT2D eigenvalue weighted by molar-refractivity contribution is 5.83. The number of terminal acetylenes is 1. The molecule has 1 fully saturated rings. The van der Waals surface area contributed by atoms with Crippen molar-refractivity contribution in [3.8, 4) is 18.1 Å². The summed E-state index contributed by atoms with van der Waals surface area (Å²) in [6.45, 7) is 1.33. The minimum Gasteiger partial charge on any atom is -0.493 e. The fourth-order valence-corrected chi connectivity index (χ4v) is 5.08. The molecule has 0 radical (unpaired) electrons. The Morgan fingerprint density at radius 1 is 1.23 bits per heavy atom. The van der Waals surface area contributed by atoms with Crippen molar-refractivity contribution in [3.05, 3.63) is 65.0 Å². The minimum absolute atomic E-state index is 0.00932. The van der Waals surface area contributed by atoms with Gasteiger partial charge in [-0.15, -0.1) is 6.42 Å². The second kappa shape index (κ2) is 13.8. The van der Waals surface area contributed by atoms with E-state index in [0.717, 1.165) is 24.0 Å². The number of fused-ring (bicyclic) bond motifs is 2. The number of benzene rings is 2. The second-order valence-corrected chi connectivity index (χ2v) is 10.7. The number of aliphatic hydroxyl groups excluding tert-OH is 1. The third-order valence-corrected chi connectivity index (χ3v) is 7.52. The van der Waals surface area contributed by atoms with Crippen molar-refractivity contribution in [2.24, 2.45) is 5.92 Å². The number of carbonyl (C=O) groups excluding carboxylic acids is 2. The number of hydrogen-bond acceptors (Lipinski definition) is 6. The van der Waals surface area contributed by atoms with E-state index in [1.807, 2.05) is 24.3 Å². The fraction of sp³-hybridized carbons (Fsp3) is 0.484. The van der Waals surface area contributed by atoms with Crippen molar-refractivity contribution in [2.75, 3.05) is 33.4 Å². The highest BCUT2D eigenvalue weighted by atomic mass is 19.1. The monoisotopic (exact) mass is 551 g/mol. The van der Waals surface area contributed by atoms with Crippen LogP contribution in [0.1, 0.15) is 48.8 Å². The molecule has 3 unspecified atom stereocenters. The number of hydrogen-bond donors (Lipinski definition) is 4. The molecular weight excluding hydrogens is 513 g/mol. The molecule has 0 spiro atoms. The van der Waals surface area contributed by atoms with E-state index in [9.17, 15) is 19.1 Å². The van der Waals surface area contributed by atoms with Gasteiger partial charge in [-0.25, -0.2) is 4.39 Å². The topological polar surface area (TPSA) is 109 Å². The van der Waals surface area contributed by atoms with Crippen LogP contribution in [0.25, 0.3) is 0 Å². The number of carbonyl (C=O) groups is 2. The normalized spacial score (nSPS) is 22.2. The van der Waals surface area contributed by atoms with Gasteiger partial charge in [0.05, 0.1) is 25.4 Å². The minimum atomic E-state index is -0.983. The third-order valence-electron chi connectivity index (χ3n) is 7.52. The molecular formula is C31H38FN3O5. The first-order valence-electron chi connectivity index (χ1n) is 13.8. The quantitative estimate of drug-likeness (QED) is 0.394. The standard InChI is InChI=1S/C31H38FN3O5/c1-3-21-5-4-6-24(13-21)31(10-11-31)34-18-28(36)27-16-23-14-25(32)17-26(15-23)40-20-22(19-39-2)9-12-33-29(37)7-8-30(38)35-27/h1,4-6,13-15,17,22,27-28,34,36H,7-12,16,18-20H2,2H3,(H,33,37)(H,35,38). The molecule has 40 heavy (non-hydrogen) atoms. The molecule has 0 aromatic heterocycles. The lowest BCUT2D eigenvalue weighted by atomic mass is 9.98. The maximum atomic E-state index is 14.6. The van der Waals surface area contributed by atoms with E-state index in [4.69, 9.17) is 15.9 Å². The third kappa shape index (κ3) is 8.28. The zero-order chi connectivity index (χ0) is 28.5. The van der Waals surface area contributed by atoms with E-state index in [1.165, 1.54) is 12.1 Å². The van der Waals surface area contributed by atoms with Crippen molar-refractivity contribution in [3.63, 3.8) is 0 Å². The lowest BCUT2D eigenvalue weighted by Gasteiger charge is -2.27. The first-order valence-corrected chi connectivity index (χ1v) is 13.8. The van der Waals surface area contributed by atoms with E-state index in [2.05, 4.69) is 21.9 Å². The Hall–Kier alpha value is -3.45. The number of methoxy groups -OCH3 is 1. The average molecular weight is 552 g/mol. The summed E-state index contributed by atoms with van der Waals surface area (Å²) >= 11 is 0. The molecule has 1 aliphatic heterocycles. The van der Waals surface area contributed by atoms with Gasteiger partial charge in [0.1, 0.15) is 11.6 Å². The van der Waals surface area contributed by atoms with Gasteiger partial charge in [0.2, 0.25) is 11.8 Å². The summed E-state index contributed by atoms with van der Waals surface area (Å²) in [5, 5.41) is 20.4. The Morgan fingerprint density at radius 3 is 2.77 bits per heavy atom. The van der Waals surface area contributed by atoms with Gasteiger partial charge in [0.25, 0.3) is 0 Å². The van der Waals surface area contributed by atoms with Gasteiger partial charge in [-0.05, 0) is 61.1 Å². The van der Waals surface area contributed by atoms with Crippen molar-refractivity contribution < 1.29 is 28.6 Å². The SMILES string of the molecule is C#Cc1cccc(C2(NCC(O)C3Cc4cc(F)cc(c4)OCC(COC)CCNC(=O)CCC(=O)N3)CC2)c1. The van der Waals surface area contributed by atoms with E-state index in [0.29, 0.717) is 37.5 Å². The first kappa shape index (κ1) is 29.5. The van der Waals surface area contributed by atoms with Gasteiger partial charge in [-0.2, -0.15) is 0 Å². The molecule has 4 rings (SSSR count). The summed E-state index contributed by atoms with van der Waals surface area (Å²) in [6, 6.07) is 11.5. The van der Waals surface area contributed by atoms with E-state index < -0.39 is 18.0 Å². The average Bonchev–Trinajstić information content (AvgIpc) is 3.74. The largest absolute Gasteiger partial charge is 0.493 e. The molecule has 0 saturated heterocycles. The van der Waals surface area contributed by atoms with Crippen LogP contribution in [0, 0.1) is 24.1 Å². The molecule has 3 atom stereocenters. The van der Waals surface area contributed by atoms with Crippen LogP contribution in [0.3, 0.4) is 0 Å². The Labute approximate surface area is 235 Å². The van der Waals surface area contributed by atoms with Gasteiger partial charge in [0.15, 0.2) is 0 Å². The zero-order valence-electron chi connectivity index (χ0n) is 22.9. The number of halogens is 1. The molecule has 2 aliphatic rings. The lowest BCUT2D eigenvalue weighted by Crippen LogP contribution is -2.50. The summed E-state index contributed by atoms with van der Waals surface area (Å²) in [6.07, 6.45) is 7.18. The van der Waals surface area contributed by atoms with Gasteiger partial charge in [-0.1, -0.05) is 18.1 Å². The Bertz CT molecular complexity index is 1230. The summed E-state index contributed by atoms with van der Waals surface area (Å²) in [4.78, 5) is 25.1. The van der Waals surface area contributed by atoms with Gasteiger partial charge < -0.3 is 30.5 Å². The first-order chi connectivity index (χ1) is 19.3. The smallest absolute Gasteiger partial charge is 0.220 e. The fourth-order valence-electron chi connectivity index (χ4n) is 5.08. The van der Waals surface area contributed by atoms with Gasteiger partial charge in [-0.3, -0.25) is 9.59 Å². The molecule has 4 N–H and O–H groups in total. The van der Waals surface area contributed by atoms with Crippen LogP contribution < -0.4 is 20.7 Å². The van der Waals surface area contributed by atoms with Gasteiger partial charge in [0, 0.05) is 56.1 Å². The Kier molecular flexibility index (Phi) is 10.2. The molecule has 9 heteroatoms. The molecule has 1 aliphatic carbocycles. The summed E-state index contributed by atoms with van der Waals surface area (Å²) < 4.78 is 25.7. The number of nitrogens with one attached hydrogen (secondary N) is 3. The van der Waals surface area contributed by atoms with Crippen molar-refractivity contribution in [1.82, 2.24) is 16.0 Å². The Morgan fingerprint density at radius 2 is 2.02 bits per heavy atom. The summed E-state index contributed by atoms with van der Waals surface area (Å²) in [5.41, 5.74) is 2.14. The molecule has 2 amide bonds.